The van der Waals surface area contributed by atoms with Crippen molar-refractivity contribution in [1.29, 1.82) is 0 Å². The molecule has 1 aromatic heterocycles. The second-order valence-electron chi connectivity index (χ2n) is 9.25. The van der Waals surface area contributed by atoms with Crippen molar-refractivity contribution >= 4 is 33.4 Å². The summed E-state index contributed by atoms with van der Waals surface area (Å²) in [4.78, 5) is 40.2. The highest BCUT2D eigenvalue weighted by Crippen LogP contribution is 2.40. The Morgan fingerprint density at radius 3 is 2.41 bits per heavy atom. The van der Waals surface area contributed by atoms with Gasteiger partial charge in [-0.2, -0.15) is 0 Å². The first-order chi connectivity index (χ1) is 16.2. The maximum atomic E-state index is 13.1. The monoisotopic (exact) mass is 504 g/mol. The number of hydrogen-bond donors (Lipinski definition) is 2. The summed E-state index contributed by atoms with van der Waals surface area (Å²) in [5, 5.41) is 3.00. The smallest absolute Gasteiger partial charge is 0.270 e. The molecule has 180 valence electrons. The summed E-state index contributed by atoms with van der Waals surface area (Å²) in [6.45, 7) is 1.02. The number of rotatable bonds is 8. The molecule has 0 unspecified atom stereocenters. The lowest BCUT2D eigenvalue weighted by molar-refractivity contribution is 0.0678. The number of aromatic nitrogens is 1. The predicted octanol–water partition coefficient (Wildman–Crippen LogP) is 1.50. The number of sulfonamides is 1. The Hall–Kier alpha value is -2.69. The molecule has 0 spiro atoms. The van der Waals surface area contributed by atoms with Gasteiger partial charge in [-0.05, 0) is 55.5 Å². The van der Waals surface area contributed by atoms with Crippen LogP contribution in [0.1, 0.15) is 52.1 Å². The molecule has 1 aliphatic heterocycles. The number of halogens is 1. The molecular formula is C23H25ClN4O5S. The molecule has 0 radical (unpaired) electrons. The minimum absolute atomic E-state index is 0.0326. The van der Waals surface area contributed by atoms with Gasteiger partial charge in [0.2, 0.25) is 10.0 Å². The summed E-state index contributed by atoms with van der Waals surface area (Å²) >= 11 is 5.87. The highest BCUT2D eigenvalue weighted by Gasteiger charge is 2.51. The molecule has 2 amide bonds. The number of nitrogens with zero attached hydrogens (tertiary/aromatic N) is 2. The van der Waals surface area contributed by atoms with Gasteiger partial charge in [0.25, 0.3) is 17.4 Å². The predicted molar refractivity (Wildman–Crippen MR) is 126 cm³/mol. The molecule has 34 heavy (non-hydrogen) atoms. The maximum absolute atomic E-state index is 13.1. The van der Waals surface area contributed by atoms with Crippen LogP contribution in [0.5, 0.6) is 0 Å². The number of carbonyl (C=O) groups is 2. The summed E-state index contributed by atoms with van der Waals surface area (Å²) in [6, 6.07) is 9.87. The largest absolute Gasteiger partial charge is 0.348 e. The molecule has 0 bridgehead atoms. The highest BCUT2D eigenvalue weighted by molar-refractivity contribution is 7.90. The number of benzene rings is 1. The minimum Gasteiger partial charge on any atom is -0.348 e. The first-order valence-electron chi connectivity index (χ1n) is 11.3. The summed E-state index contributed by atoms with van der Waals surface area (Å²) < 4.78 is 28.9. The van der Waals surface area contributed by atoms with Crippen LogP contribution >= 0.6 is 11.6 Å². The second-order valence-corrected chi connectivity index (χ2v) is 11.6. The number of carbonyl (C=O) groups excluding carboxylic acids is 2. The molecule has 5 rings (SSSR count). The third-order valence-electron chi connectivity index (χ3n) is 6.55. The fourth-order valence-corrected chi connectivity index (χ4v) is 6.17. The van der Waals surface area contributed by atoms with Crippen molar-refractivity contribution in [2.45, 2.75) is 49.6 Å². The zero-order chi connectivity index (χ0) is 24.1. The van der Waals surface area contributed by atoms with E-state index in [1.54, 1.807) is 29.2 Å². The van der Waals surface area contributed by atoms with E-state index in [9.17, 15) is 22.8 Å². The number of nitrogens with one attached hydrogen (secondary N) is 2. The Bertz CT molecular complexity index is 1310. The number of hydrogen-bond acceptors (Lipinski definition) is 5. The number of fused-ring (bicyclic) bond motifs is 1. The third-order valence-corrected chi connectivity index (χ3v) is 8.87. The van der Waals surface area contributed by atoms with Crippen molar-refractivity contribution in [3.8, 4) is 0 Å². The highest BCUT2D eigenvalue weighted by atomic mass is 35.5. The van der Waals surface area contributed by atoms with Gasteiger partial charge in [0.05, 0.1) is 10.8 Å². The van der Waals surface area contributed by atoms with Crippen molar-refractivity contribution in [2.75, 3.05) is 13.1 Å². The van der Waals surface area contributed by atoms with E-state index in [0.717, 1.165) is 5.56 Å². The standard InChI is InChI=1S/C23H25ClN4O5S/c24-16-3-1-15(2-4-16)13-25-20(29)18-7-8-19-22(31)27(11-12-28(19)21(18)30)14-23(9-10-23)26-34(32,33)17-5-6-17/h1-4,7-8,17,26H,5-6,9-14H2,(H,25,29). The van der Waals surface area contributed by atoms with Crippen LogP contribution in [0.3, 0.4) is 0 Å². The Labute approximate surface area is 202 Å². The van der Waals surface area contributed by atoms with Gasteiger partial charge in [0.15, 0.2) is 0 Å². The van der Waals surface area contributed by atoms with Crippen LogP contribution in [0.2, 0.25) is 5.02 Å². The van der Waals surface area contributed by atoms with Crippen LogP contribution in [-0.4, -0.2) is 53.6 Å². The van der Waals surface area contributed by atoms with Crippen LogP contribution in [0.15, 0.2) is 41.2 Å². The molecule has 2 heterocycles. The van der Waals surface area contributed by atoms with Gasteiger partial charge in [-0.15, -0.1) is 0 Å². The van der Waals surface area contributed by atoms with Crippen LogP contribution in [0, 0.1) is 0 Å². The summed E-state index contributed by atoms with van der Waals surface area (Å²) in [6.07, 6.45) is 2.73. The fourth-order valence-electron chi connectivity index (χ4n) is 4.25. The lowest BCUT2D eigenvalue weighted by atomic mass is 10.1. The molecule has 9 nitrogen and oxygen atoms in total. The van der Waals surface area contributed by atoms with E-state index in [4.69, 9.17) is 11.6 Å². The summed E-state index contributed by atoms with van der Waals surface area (Å²) in [5.41, 5.74) is -0.120. The molecular weight excluding hydrogens is 480 g/mol. The van der Waals surface area contributed by atoms with Gasteiger partial charge in [0, 0.05) is 31.2 Å². The van der Waals surface area contributed by atoms with Crippen molar-refractivity contribution < 1.29 is 18.0 Å². The normalized spacial score (nSPS) is 19.0. The van der Waals surface area contributed by atoms with Crippen LogP contribution in [-0.2, 0) is 23.1 Å². The van der Waals surface area contributed by atoms with Gasteiger partial charge >= 0.3 is 0 Å². The molecule has 0 atom stereocenters. The Morgan fingerprint density at radius 1 is 1.06 bits per heavy atom. The lowest BCUT2D eigenvalue weighted by Crippen LogP contribution is -2.52. The second kappa shape index (κ2) is 8.51. The Kier molecular flexibility index (Phi) is 5.78. The lowest BCUT2D eigenvalue weighted by Gasteiger charge is -2.33. The van der Waals surface area contributed by atoms with Gasteiger partial charge in [0.1, 0.15) is 11.3 Å². The SMILES string of the molecule is O=C(NCc1ccc(Cl)cc1)c1ccc2n(c1=O)CCN(CC1(NS(=O)(=O)C3CC3)CC1)C2=O. The Balaban J connectivity index is 1.27. The van der Waals surface area contributed by atoms with E-state index >= 15 is 0 Å². The maximum Gasteiger partial charge on any atom is 0.270 e. The number of pyridine rings is 1. The van der Waals surface area contributed by atoms with E-state index in [-0.39, 0.29) is 48.6 Å². The van der Waals surface area contributed by atoms with E-state index in [1.165, 1.54) is 16.7 Å². The molecule has 2 aliphatic carbocycles. The van der Waals surface area contributed by atoms with Gasteiger partial charge in [-0.25, -0.2) is 13.1 Å². The van der Waals surface area contributed by atoms with E-state index in [2.05, 4.69) is 10.0 Å². The van der Waals surface area contributed by atoms with Crippen molar-refractivity contribution in [2.24, 2.45) is 0 Å². The zero-order valence-corrected chi connectivity index (χ0v) is 20.0. The minimum atomic E-state index is -3.35. The molecule has 0 saturated heterocycles. The topological polar surface area (TPSA) is 118 Å². The number of amides is 2. The van der Waals surface area contributed by atoms with Gasteiger partial charge in [-0.3, -0.25) is 14.4 Å². The zero-order valence-electron chi connectivity index (χ0n) is 18.4. The van der Waals surface area contributed by atoms with Crippen molar-refractivity contribution in [3.63, 3.8) is 0 Å². The van der Waals surface area contributed by atoms with Crippen molar-refractivity contribution in [1.82, 2.24) is 19.5 Å². The summed E-state index contributed by atoms with van der Waals surface area (Å²) in [7, 11) is -3.35. The first kappa shape index (κ1) is 23.1. The van der Waals surface area contributed by atoms with Crippen molar-refractivity contribution in [3.05, 3.63) is 68.6 Å². The van der Waals surface area contributed by atoms with Crippen LogP contribution in [0.25, 0.3) is 0 Å². The van der Waals surface area contributed by atoms with Gasteiger partial charge in [-0.1, -0.05) is 23.7 Å². The molecule has 2 fully saturated rings. The van der Waals surface area contributed by atoms with Crippen LogP contribution in [0.4, 0.5) is 0 Å². The Morgan fingerprint density at radius 2 is 1.76 bits per heavy atom. The molecule has 2 saturated carbocycles. The van der Waals surface area contributed by atoms with Gasteiger partial charge < -0.3 is 14.8 Å². The quantitative estimate of drug-likeness (QED) is 0.565. The molecule has 1 aromatic carbocycles. The average molecular weight is 505 g/mol. The molecule has 3 aliphatic rings. The molecule has 11 heteroatoms. The summed E-state index contributed by atoms with van der Waals surface area (Å²) in [5.74, 6) is -0.857. The fraction of sp³-hybridized carbons (Fsp3) is 0.435. The van der Waals surface area contributed by atoms with E-state index in [0.29, 0.717) is 30.7 Å². The molecule has 2 N–H and O–H groups in total. The van der Waals surface area contributed by atoms with Crippen LogP contribution < -0.4 is 15.6 Å². The van der Waals surface area contributed by atoms with E-state index < -0.39 is 27.0 Å². The first-order valence-corrected chi connectivity index (χ1v) is 13.2. The van der Waals surface area contributed by atoms with E-state index in [1.807, 2.05) is 0 Å². The average Bonchev–Trinajstić information content (AvgIpc) is 3.71. The third kappa shape index (κ3) is 4.62. The molecule has 2 aromatic rings.